The molecular formula is C17H23N5O2S2. The lowest BCUT2D eigenvalue weighted by atomic mass is 10.2. The van der Waals surface area contributed by atoms with Crippen molar-refractivity contribution in [3.05, 3.63) is 34.9 Å². The van der Waals surface area contributed by atoms with Crippen LogP contribution in [0, 0.1) is 4.77 Å². The van der Waals surface area contributed by atoms with E-state index >= 15 is 0 Å². The predicted molar refractivity (Wildman–Crippen MR) is 102 cm³/mol. The van der Waals surface area contributed by atoms with Gasteiger partial charge in [-0.05, 0) is 55.2 Å². The molecule has 140 valence electrons. The topological polar surface area (TPSA) is 63.4 Å². The van der Waals surface area contributed by atoms with Crippen LogP contribution in [0.15, 0.2) is 29.4 Å². The van der Waals surface area contributed by atoms with Gasteiger partial charge in [-0.3, -0.25) is 0 Å². The van der Waals surface area contributed by atoms with Crippen molar-refractivity contribution in [3.63, 3.8) is 0 Å². The van der Waals surface area contributed by atoms with Crippen molar-refractivity contribution in [3.8, 4) is 0 Å². The first-order valence-corrected chi connectivity index (χ1v) is 10.8. The Morgan fingerprint density at radius 1 is 1.15 bits per heavy atom. The molecule has 0 bridgehead atoms. The molecule has 0 radical (unpaired) electrons. The van der Waals surface area contributed by atoms with E-state index in [1.807, 2.05) is 19.2 Å². The van der Waals surface area contributed by atoms with E-state index < -0.39 is 10.0 Å². The van der Waals surface area contributed by atoms with Crippen LogP contribution in [0.5, 0.6) is 0 Å². The predicted octanol–water partition coefficient (Wildman–Crippen LogP) is 2.15. The minimum Gasteiger partial charge on any atom is -0.351 e. The van der Waals surface area contributed by atoms with E-state index in [-0.39, 0.29) is 0 Å². The zero-order chi connectivity index (χ0) is 18.3. The Morgan fingerprint density at radius 3 is 2.62 bits per heavy atom. The van der Waals surface area contributed by atoms with E-state index in [1.165, 1.54) is 0 Å². The van der Waals surface area contributed by atoms with Crippen LogP contribution in [0.1, 0.15) is 24.8 Å². The normalized spacial score (nSPS) is 18.3. The number of piperidine rings is 1. The van der Waals surface area contributed by atoms with Gasteiger partial charge in [-0.2, -0.15) is 9.40 Å². The van der Waals surface area contributed by atoms with Crippen LogP contribution < -0.4 is 4.90 Å². The molecule has 2 aromatic rings. The van der Waals surface area contributed by atoms with Crippen molar-refractivity contribution in [2.75, 3.05) is 24.5 Å². The largest absolute Gasteiger partial charge is 0.351 e. The van der Waals surface area contributed by atoms with E-state index in [4.69, 9.17) is 12.2 Å². The summed E-state index contributed by atoms with van der Waals surface area (Å²) in [6, 6.07) is 5.50. The molecule has 4 rings (SSSR count). The van der Waals surface area contributed by atoms with Gasteiger partial charge >= 0.3 is 0 Å². The molecule has 1 aromatic carbocycles. The summed E-state index contributed by atoms with van der Waals surface area (Å²) in [7, 11) is -1.51. The van der Waals surface area contributed by atoms with Gasteiger partial charge in [0.15, 0.2) is 4.77 Å². The fraction of sp³-hybridized carbons (Fsp3) is 0.529. The molecule has 0 amide bonds. The number of fused-ring (bicyclic) bond motifs is 1. The fourth-order valence-electron chi connectivity index (χ4n) is 3.69. The van der Waals surface area contributed by atoms with Crippen molar-refractivity contribution in [2.45, 2.75) is 37.2 Å². The molecule has 1 fully saturated rings. The highest BCUT2D eigenvalue weighted by Crippen LogP contribution is 2.32. The Bertz CT molecular complexity index is 973. The van der Waals surface area contributed by atoms with Crippen molar-refractivity contribution in [1.29, 1.82) is 0 Å². The molecule has 2 aliphatic rings. The monoisotopic (exact) mass is 393 g/mol. The maximum absolute atomic E-state index is 12.9. The first-order valence-electron chi connectivity index (χ1n) is 8.93. The van der Waals surface area contributed by atoms with E-state index in [1.54, 1.807) is 25.9 Å². The third-order valence-electron chi connectivity index (χ3n) is 5.19. The quantitative estimate of drug-likeness (QED) is 0.745. The molecule has 1 aromatic heterocycles. The Hall–Kier alpha value is -1.71. The van der Waals surface area contributed by atoms with Crippen LogP contribution in [0.2, 0.25) is 0 Å². The minimum atomic E-state index is -3.39. The van der Waals surface area contributed by atoms with Crippen molar-refractivity contribution in [1.82, 2.24) is 18.7 Å². The summed E-state index contributed by atoms with van der Waals surface area (Å²) in [6.07, 6.45) is 5.54. The summed E-state index contributed by atoms with van der Waals surface area (Å²) in [5.74, 6) is 0. The molecule has 3 heterocycles. The van der Waals surface area contributed by atoms with E-state index in [9.17, 15) is 8.42 Å². The number of sulfonamides is 1. The van der Waals surface area contributed by atoms with Gasteiger partial charge in [-0.25, -0.2) is 13.1 Å². The Labute approximate surface area is 158 Å². The van der Waals surface area contributed by atoms with Crippen molar-refractivity contribution >= 4 is 27.9 Å². The maximum atomic E-state index is 12.9. The summed E-state index contributed by atoms with van der Waals surface area (Å²) >= 11 is 5.35. The molecule has 0 spiro atoms. The van der Waals surface area contributed by atoms with E-state index in [2.05, 4.69) is 10.00 Å². The van der Waals surface area contributed by atoms with Gasteiger partial charge in [0.1, 0.15) is 13.0 Å². The van der Waals surface area contributed by atoms with Gasteiger partial charge in [0.05, 0.1) is 4.90 Å². The first kappa shape index (κ1) is 17.7. The van der Waals surface area contributed by atoms with Gasteiger partial charge in [-0.15, -0.1) is 0 Å². The average Bonchev–Trinajstić information content (AvgIpc) is 3.20. The second-order valence-electron chi connectivity index (χ2n) is 6.93. The van der Waals surface area contributed by atoms with Gasteiger partial charge in [-0.1, -0.05) is 6.42 Å². The summed E-state index contributed by atoms with van der Waals surface area (Å²) in [5.41, 5.74) is 2.14. The van der Waals surface area contributed by atoms with Crippen LogP contribution in [-0.4, -0.2) is 46.7 Å². The number of anilines is 1. The molecule has 0 aliphatic carbocycles. The van der Waals surface area contributed by atoms with Crippen LogP contribution in [0.4, 0.5) is 5.69 Å². The van der Waals surface area contributed by atoms with E-state index in [0.29, 0.717) is 29.4 Å². The second-order valence-corrected chi connectivity index (χ2v) is 9.24. The molecule has 0 N–H and O–H groups in total. The van der Waals surface area contributed by atoms with Crippen molar-refractivity contribution in [2.24, 2.45) is 7.05 Å². The molecule has 2 aliphatic heterocycles. The lowest BCUT2D eigenvalue weighted by Crippen LogP contribution is -2.35. The molecular weight excluding hydrogens is 370 g/mol. The zero-order valence-electron chi connectivity index (χ0n) is 14.8. The summed E-state index contributed by atoms with van der Waals surface area (Å²) in [5, 5.41) is 4.30. The fourth-order valence-corrected chi connectivity index (χ4v) is 5.41. The lowest BCUT2D eigenvalue weighted by Gasteiger charge is -2.26. The average molecular weight is 394 g/mol. The van der Waals surface area contributed by atoms with Crippen LogP contribution in [0.25, 0.3) is 0 Å². The lowest BCUT2D eigenvalue weighted by molar-refractivity contribution is 0.346. The standard InChI is InChI=1S/C17H23N5O2S2/c1-19-12-18-22(17(19)25)13-20-10-7-14-11-15(5-6-16(14)20)26(23,24)21-8-3-2-4-9-21/h5-6,11-12H,2-4,7-10,13H2,1H3. The van der Waals surface area contributed by atoms with Crippen molar-refractivity contribution < 1.29 is 8.42 Å². The SMILES string of the molecule is Cn1cnn(CN2CCc3cc(S(=O)(=O)N4CCCCC4)ccc32)c1=S. The van der Waals surface area contributed by atoms with Gasteiger partial charge < -0.3 is 9.47 Å². The summed E-state index contributed by atoms with van der Waals surface area (Å²) in [6.45, 7) is 2.67. The highest BCUT2D eigenvalue weighted by Gasteiger charge is 2.28. The highest BCUT2D eigenvalue weighted by molar-refractivity contribution is 7.89. The van der Waals surface area contributed by atoms with Crippen LogP contribution in [-0.2, 0) is 30.2 Å². The minimum absolute atomic E-state index is 0.412. The van der Waals surface area contributed by atoms with Crippen LogP contribution >= 0.6 is 12.2 Å². The van der Waals surface area contributed by atoms with E-state index in [0.717, 1.165) is 43.5 Å². The number of aryl methyl sites for hydroxylation is 1. The smallest absolute Gasteiger partial charge is 0.243 e. The molecule has 1 saturated heterocycles. The molecule has 0 atom stereocenters. The molecule has 7 nitrogen and oxygen atoms in total. The Morgan fingerprint density at radius 2 is 1.92 bits per heavy atom. The summed E-state index contributed by atoms with van der Waals surface area (Å²) in [4.78, 5) is 2.60. The number of benzene rings is 1. The molecule has 0 unspecified atom stereocenters. The molecule has 9 heteroatoms. The maximum Gasteiger partial charge on any atom is 0.243 e. The number of rotatable bonds is 4. The van der Waals surface area contributed by atoms with Crippen LogP contribution in [0.3, 0.4) is 0 Å². The Balaban J connectivity index is 1.58. The van der Waals surface area contributed by atoms with Gasteiger partial charge in [0.25, 0.3) is 0 Å². The highest BCUT2D eigenvalue weighted by atomic mass is 32.2. The van der Waals surface area contributed by atoms with Gasteiger partial charge in [0.2, 0.25) is 10.0 Å². The number of hydrogen-bond acceptors (Lipinski definition) is 5. The zero-order valence-corrected chi connectivity index (χ0v) is 16.5. The second kappa shape index (κ2) is 6.79. The molecule has 26 heavy (non-hydrogen) atoms. The number of aromatic nitrogens is 3. The third kappa shape index (κ3) is 3.08. The Kier molecular flexibility index (Phi) is 4.62. The third-order valence-corrected chi connectivity index (χ3v) is 7.58. The van der Waals surface area contributed by atoms with Gasteiger partial charge in [0, 0.05) is 32.4 Å². The number of nitrogens with zero attached hydrogens (tertiary/aromatic N) is 5. The molecule has 0 saturated carbocycles. The first-order chi connectivity index (χ1) is 12.5. The number of hydrogen-bond donors (Lipinski definition) is 0. The summed E-state index contributed by atoms with van der Waals surface area (Å²) < 4.78 is 31.7.